The van der Waals surface area contributed by atoms with Crippen LogP contribution in [-0.2, 0) is 4.79 Å². The summed E-state index contributed by atoms with van der Waals surface area (Å²) < 4.78 is 0. The lowest BCUT2D eigenvalue weighted by Gasteiger charge is -2.18. The van der Waals surface area contributed by atoms with E-state index in [9.17, 15) is 4.79 Å². The van der Waals surface area contributed by atoms with Crippen LogP contribution in [0.1, 0.15) is 46.5 Å². The lowest BCUT2D eigenvalue weighted by atomic mass is 10.1. The van der Waals surface area contributed by atoms with E-state index in [1.54, 1.807) is 0 Å². The topological polar surface area (TPSA) is 41.1 Å². The van der Waals surface area contributed by atoms with Crippen LogP contribution in [0.15, 0.2) is 0 Å². The van der Waals surface area contributed by atoms with Crippen molar-refractivity contribution in [3.63, 3.8) is 0 Å². The van der Waals surface area contributed by atoms with Crippen LogP contribution in [0.5, 0.6) is 0 Å². The highest BCUT2D eigenvalue weighted by Crippen LogP contribution is 2.13. The van der Waals surface area contributed by atoms with Gasteiger partial charge in [-0.3, -0.25) is 10.1 Å². The number of unbranched alkanes of at least 4 members (excludes halogenated alkanes) is 2. The highest BCUT2D eigenvalue weighted by Gasteiger charge is 2.35. The van der Waals surface area contributed by atoms with Crippen LogP contribution in [-0.4, -0.2) is 17.6 Å². The van der Waals surface area contributed by atoms with Crippen LogP contribution in [0.3, 0.4) is 0 Å². The maximum Gasteiger partial charge on any atom is 0.238 e. The van der Waals surface area contributed by atoms with Gasteiger partial charge in [0.15, 0.2) is 0 Å². The number of hydrogen-bond donors (Lipinski definition) is 2. The molecule has 1 fully saturated rings. The van der Waals surface area contributed by atoms with E-state index in [0.29, 0.717) is 0 Å². The maximum absolute atomic E-state index is 11.4. The first-order valence-corrected chi connectivity index (χ1v) is 5.15. The molecule has 0 aromatic carbocycles. The summed E-state index contributed by atoms with van der Waals surface area (Å²) in [6, 6.07) is 0.0292. The van der Waals surface area contributed by atoms with Crippen molar-refractivity contribution >= 4 is 5.91 Å². The molecule has 2 N–H and O–H groups in total. The summed E-state index contributed by atoms with van der Waals surface area (Å²) in [5, 5.41) is 6.20. The molecule has 0 bridgehead atoms. The van der Waals surface area contributed by atoms with E-state index in [4.69, 9.17) is 0 Å². The Bertz CT molecular complexity index is 189. The van der Waals surface area contributed by atoms with Crippen LogP contribution < -0.4 is 10.6 Å². The monoisotopic (exact) mass is 184 g/mol. The molecule has 3 heteroatoms. The van der Waals surface area contributed by atoms with Gasteiger partial charge in [-0.1, -0.05) is 26.2 Å². The standard InChI is InChI=1S/C10H20N2O/c1-4-5-6-7-8-9(13)12-10(2,3)11-8/h8,11H,4-7H2,1-3H3,(H,12,13). The summed E-state index contributed by atoms with van der Waals surface area (Å²) in [7, 11) is 0. The van der Waals surface area contributed by atoms with Crippen molar-refractivity contribution in [2.75, 3.05) is 0 Å². The Morgan fingerprint density at radius 1 is 1.38 bits per heavy atom. The molecule has 0 aromatic heterocycles. The predicted octanol–water partition coefficient (Wildman–Crippen LogP) is 1.39. The van der Waals surface area contributed by atoms with Crippen LogP contribution in [0.4, 0.5) is 0 Å². The fraction of sp³-hybridized carbons (Fsp3) is 0.900. The lowest BCUT2D eigenvalue weighted by Crippen LogP contribution is -2.44. The zero-order chi connectivity index (χ0) is 9.90. The molecule has 0 aliphatic carbocycles. The van der Waals surface area contributed by atoms with E-state index in [-0.39, 0.29) is 17.6 Å². The Morgan fingerprint density at radius 2 is 2.08 bits per heavy atom. The van der Waals surface area contributed by atoms with Crippen LogP contribution in [0, 0.1) is 0 Å². The number of nitrogens with one attached hydrogen (secondary N) is 2. The molecule has 1 aliphatic heterocycles. The first kappa shape index (κ1) is 10.5. The van der Waals surface area contributed by atoms with Gasteiger partial charge in [-0.25, -0.2) is 0 Å². The van der Waals surface area contributed by atoms with Crippen molar-refractivity contribution in [1.29, 1.82) is 0 Å². The number of carbonyl (C=O) groups excluding carboxylic acids is 1. The molecule has 0 saturated carbocycles. The Hall–Kier alpha value is -0.570. The van der Waals surface area contributed by atoms with E-state index in [2.05, 4.69) is 17.6 Å². The summed E-state index contributed by atoms with van der Waals surface area (Å²) in [6.07, 6.45) is 4.52. The largest absolute Gasteiger partial charge is 0.337 e. The second-order valence-electron chi connectivity index (χ2n) is 4.31. The second-order valence-corrected chi connectivity index (χ2v) is 4.31. The Labute approximate surface area is 80.3 Å². The number of amides is 1. The molecule has 1 atom stereocenters. The summed E-state index contributed by atoms with van der Waals surface area (Å²) >= 11 is 0. The zero-order valence-electron chi connectivity index (χ0n) is 8.81. The SMILES string of the molecule is CCCCCC1NC(C)(C)NC1=O. The molecule has 1 amide bonds. The summed E-state index contributed by atoms with van der Waals surface area (Å²) in [5.41, 5.74) is -0.214. The summed E-state index contributed by atoms with van der Waals surface area (Å²) in [5.74, 6) is 0.154. The average molecular weight is 184 g/mol. The van der Waals surface area contributed by atoms with Crippen molar-refractivity contribution in [2.45, 2.75) is 58.2 Å². The highest BCUT2D eigenvalue weighted by molar-refractivity contribution is 5.84. The molecule has 1 saturated heterocycles. The van der Waals surface area contributed by atoms with Gasteiger partial charge in [0.25, 0.3) is 0 Å². The minimum Gasteiger partial charge on any atom is -0.337 e. The normalized spacial score (nSPS) is 26.1. The third-order valence-corrected chi connectivity index (χ3v) is 2.38. The third kappa shape index (κ3) is 2.99. The number of carbonyl (C=O) groups is 1. The Kier molecular flexibility index (Phi) is 3.31. The molecule has 13 heavy (non-hydrogen) atoms. The molecule has 1 aliphatic rings. The van der Waals surface area contributed by atoms with Gasteiger partial charge in [0.05, 0.1) is 11.7 Å². The molecular weight excluding hydrogens is 164 g/mol. The minimum atomic E-state index is -0.214. The molecule has 3 nitrogen and oxygen atoms in total. The average Bonchev–Trinajstić information content (AvgIpc) is 2.25. The van der Waals surface area contributed by atoms with Crippen LogP contribution in [0.2, 0.25) is 0 Å². The molecule has 1 unspecified atom stereocenters. The molecule has 0 radical (unpaired) electrons. The van der Waals surface area contributed by atoms with Crippen LogP contribution >= 0.6 is 0 Å². The molecule has 0 spiro atoms. The number of hydrogen-bond acceptors (Lipinski definition) is 2. The highest BCUT2D eigenvalue weighted by atomic mass is 16.2. The van der Waals surface area contributed by atoms with E-state index in [0.717, 1.165) is 12.8 Å². The first-order valence-electron chi connectivity index (χ1n) is 5.15. The predicted molar refractivity (Wildman–Crippen MR) is 53.3 cm³/mol. The van der Waals surface area contributed by atoms with Crippen molar-refractivity contribution in [2.24, 2.45) is 0 Å². The Morgan fingerprint density at radius 3 is 2.54 bits per heavy atom. The van der Waals surface area contributed by atoms with Crippen LogP contribution in [0.25, 0.3) is 0 Å². The molecule has 0 aromatic rings. The van der Waals surface area contributed by atoms with Gasteiger partial charge in [0, 0.05) is 0 Å². The van der Waals surface area contributed by atoms with Gasteiger partial charge >= 0.3 is 0 Å². The second kappa shape index (κ2) is 4.09. The summed E-state index contributed by atoms with van der Waals surface area (Å²) in [4.78, 5) is 11.4. The van der Waals surface area contributed by atoms with Gasteiger partial charge < -0.3 is 5.32 Å². The maximum atomic E-state index is 11.4. The lowest BCUT2D eigenvalue weighted by molar-refractivity contribution is -0.121. The van der Waals surface area contributed by atoms with Gasteiger partial charge in [0.1, 0.15) is 0 Å². The van der Waals surface area contributed by atoms with Gasteiger partial charge in [0.2, 0.25) is 5.91 Å². The fourth-order valence-corrected chi connectivity index (χ4v) is 1.73. The Balaban J connectivity index is 2.31. The first-order chi connectivity index (χ1) is 6.05. The van der Waals surface area contributed by atoms with Gasteiger partial charge in [-0.15, -0.1) is 0 Å². The zero-order valence-corrected chi connectivity index (χ0v) is 8.81. The van der Waals surface area contributed by atoms with E-state index in [1.165, 1.54) is 12.8 Å². The quantitative estimate of drug-likeness (QED) is 0.648. The van der Waals surface area contributed by atoms with Crippen molar-refractivity contribution in [3.05, 3.63) is 0 Å². The number of rotatable bonds is 4. The summed E-state index contributed by atoms with van der Waals surface area (Å²) in [6.45, 7) is 6.15. The van der Waals surface area contributed by atoms with Gasteiger partial charge in [-0.2, -0.15) is 0 Å². The molecule has 76 valence electrons. The van der Waals surface area contributed by atoms with Crippen molar-refractivity contribution in [3.8, 4) is 0 Å². The third-order valence-electron chi connectivity index (χ3n) is 2.38. The van der Waals surface area contributed by atoms with Gasteiger partial charge in [-0.05, 0) is 20.3 Å². The van der Waals surface area contributed by atoms with E-state index < -0.39 is 0 Å². The fourth-order valence-electron chi connectivity index (χ4n) is 1.73. The smallest absolute Gasteiger partial charge is 0.238 e. The molecule has 1 rings (SSSR count). The van der Waals surface area contributed by atoms with Crippen molar-refractivity contribution in [1.82, 2.24) is 10.6 Å². The van der Waals surface area contributed by atoms with Crippen molar-refractivity contribution < 1.29 is 4.79 Å². The van der Waals surface area contributed by atoms with E-state index in [1.807, 2.05) is 13.8 Å². The molecular formula is C10H20N2O. The molecule has 1 heterocycles. The van der Waals surface area contributed by atoms with E-state index >= 15 is 0 Å². The minimum absolute atomic E-state index is 0.0292.